The molecule has 9 heteroatoms. The van der Waals surface area contributed by atoms with Gasteiger partial charge in [0, 0.05) is 35.8 Å². The Bertz CT molecular complexity index is 1210. The Morgan fingerprint density at radius 3 is 2.93 bits per heavy atom. The van der Waals surface area contributed by atoms with E-state index in [0.29, 0.717) is 34.7 Å². The number of halogens is 2. The number of H-pyrrole nitrogens is 1. The summed E-state index contributed by atoms with van der Waals surface area (Å²) < 4.78 is 33.1. The van der Waals surface area contributed by atoms with Crippen LogP contribution in [0.1, 0.15) is 45.8 Å². The number of para-hydroxylation sites is 1. The van der Waals surface area contributed by atoms with Crippen molar-refractivity contribution in [2.24, 2.45) is 0 Å². The number of imidazole rings is 1. The SMILES string of the molecule is Cc1c([C@@H]2c3nc[nH]c3CCN2C(=O)c2ccnn2C(F)F)oc2ccccc12. The topological polar surface area (TPSA) is 80.0 Å². The molecule has 1 aliphatic rings. The third-order valence-electron chi connectivity index (χ3n) is 5.39. The zero-order valence-electron chi connectivity index (χ0n) is 15.5. The molecule has 5 rings (SSSR count). The highest BCUT2D eigenvalue weighted by Gasteiger charge is 2.39. The summed E-state index contributed by atoms with van der Waals surface area (Å²) in [5, 5.41) is 4.53. The lowest BCUT2D eigenvalue weighted by atomic mass is 9.97. The fourth-order valence-electron chi connectivity index (χ4n) is 4.00. The number of aromatic amines is 1. The average Bonchev–Trinajstić information content (AvgIpc) is 3.45. The van der Waals surface area contributed by atoms with Gasteiger partial charge < -0.3 is 14.3 Å². The first kappa shape index (κ1) is 17.6. The Morgan fingerprint density at radius 1 is 1.31 bits per heavy atom. The summed E-state index contributed by atoms with van der Waals surface area (Å²) in [5.41, 5.74) is 2.99. The fourth-order valence-corrected chi connectivity index (χ4v) is 4.00. The molecule has 3 aromatic heterocycles. The van der Waals surface area contributed by atoms with Crippen LogP contribution in [0.2, 0.25) is 0 Å². The van der Waals surface area contributed by atoms with Crippen LogP contribution in [0.15, 0.2) is 47.3 Å². The van der Waals surface area contributed by atoms with Crippen LogP contribution in [0, 0.1) is 6.92 Å². The molecule has 29 heavy (non-hydrogen) atoms. The van der Waals surface area contributed by atoms with Gasteiger partial charge in [0.15, 0.2) is 0 Å². The second-order valence-corrected chi connectivity index (χ2v) is 6.94. The highest BCUT2D eigenvalue weighted by Crippen LogP contribution is 2.39. The Hall–Kier alpha value is -3.49. The standard InChI is InChI=1S/C20H17F2N5O2/c1-11-12-4-2-3-5-15(12)29-18(11)17-16-13(23-10-24-16)7-9-26(17)19(28)14-6-8-25-27(14)20(21)22/h2-6,8,10,17,20H,7,9H2,1H3,(H,23,24)/t17-/m0/s1. The van der Waals surface area contributed by atoms with Gasteiger partial charge in [-0.2, -0.15) is 18.6 Å². The maximum absolute atomic E-state index is 13.3. The summed E-state index contributed by atoms with van der Waals surface area (Å²) in [6, 6.07) is 8.28. The number of furan rings is 1. The van der Waals surface area contributed by atoms with Crippen molar-refractivity contribution in [1.82, 2.24) is 24.6 Å². The van der Waals surface area contributed by atoms with E-state index < -0.39 is 18.5 Å². The first-order valence-electron chi connectivity index (χ1n) is 9.19. The van der Waals surface area contributed by atoms with Crippen molar-refractivity contribution in [1.29, 1.82) is 0 Å². The Morgan fingerprint density at radius 2 is 2.14 bits per heavy atom. The number of alkyl halides is 2. The fraction of sp³-hybridized carbons (Fsp3) is 0.250. The highest BCUT2D eigenvalue weighted by molar-refractivity contribution is 5.93. The monoisotopic (exact) mass is 397 g/mol. The van der Waals surface area contributed by atoms with Crippen LogP contribution in [0.4, 0.5) is 8.78 Å². The van der Waals surface area contributed by atoms with Crippen molar-refractivity contribution in [2.45, 2.75) is 25.9 Å². The number of fused-ring (bicyclic) bond motifs is 2. The maximum atomic E-state index is 13.3. The van der Waals surface area contributed by atoms with Gasteiger partial charge in [-0.15, -0.1) is 0 Å². The summed E-state index contributed by atoms with van der Waals surface area (Å²) >= 11 is 0. The number of hydrogen-bond donors (Lipinski definition) is 1. The molecule has 0 fully saturated rings. The number of amides is 1. The van der Waals surface area contributed by atoms with Crippen LogP contribution < -0.4 is 0 Å². The number of nitrogens with one attached hydrogen (secondary N) is 1. The van der Waals surface area contributed by atoms with E-state index in [1.807, 2.05) is 31.2 Å². The van der Waals surface area contributed by atoms with Gasteiger partial charge in [0.25, 0.3) is 5.91 Å². The van der Waals surface area contributed by atoms with E-state index in [9.17, 15) is 13.6 Å². The minimum absolute atomic E-state index is 0.169. The summed E-state index contributed by atoms with van der Waals surface area (Å²) in [6.07, 6.45) is 3.32. The summed E-state index contributed by atoms with van der Waals surface area (Å²) in [4.78, 5) is 22.3. The lowest BCUT2D eigenvalue weighted by Crippen LogP contribution is -2.41. The number of carbonyl (C=O) groups is 1. The van der Waals surface area contributed by atoms with Crippen LogP contribution in [0.25, 0.3) is 11.0 Å². The van der Waals surface area contributed by atoms with E-state index in [-0.39, 0.29) is 5.69 Å². The molecule has 0 spiro atoms. The summed E-state index contributed by atoms with van der Waals surface area (Å²) in [6.45, 7) is -0.640. The van der Waals surface area contributed by atoms with Gasteiger partial charge in [-0.1, -0.05) is 18.2 Å². The molecule has 7 nitrogen and oxygen atoms in total. The van der Waals surface area contributed by atoms with Gasteiger partial charge in [-0.05, 0) is 19.1 Å². The third kappa shape index (κ3) is 2.65. The van der Waals surface area contributed by atoms with Gasteiger partial charge in [0.2, 0.25) is 0 Å². The lowest BCUT2D eigenvalue weighted by molar-refractivity contribution is 0.0436. The van der Waals surface area contributed by atoms with Gasteiger partial charge in [0.05, 0.1) is 12.0 Å². The highest BCUT2D eigenvalue weighted by atomic mass is 19.3. The van der Waals surface area contributed by atoms with Crippen molar-refractivity contribution < 1.29 is 18.0 Å². The molecule has 0 saturated heterocycles. The van der Waals surface area contributed by atoms with E-state index in [0.717, 1.165) is 16.6 Å². The molecule has 1 N–H and O–H groups in total. The minimum Gasteiger partial charge on any atom is -0.458 e. The molecule has 4 heterocycles. The first-order chi connectivity index (χ1) is 14.1. The molecule has 4 aromatic rings. The van der Waals surface area contributed by atoms with Crippen LogP contribution in [0.5, 0.6) is 0 Å². The van der Waals surface area contributed by atoms with Crippen molar-refractivity contribution in [3.8, 4) is 0 Å². The number of hydrogen-bond acceptors (Lipinski definition) is 4. The molecule has 1 aliphatic heterocycles. The molecular formula is C20H17F2N5O2. The quantitative estimate of drug-likeness (QED) is 0.570. The lowest BCUT2D eigenvalue weighted by Gasteiger charge is -2.34. The van der Waals surface area contributed by atoms with Gasteiger partial charge in [-0.25, -0.2) is 4.98 Å². The number of carbonyl (C=O) groups excluding carboxylic acids is 1. The first-order valence-corrected chi connectivity index (χ1v) is 9.19. The van der Waals surface area contributed by atoms with Crippen molar-refractivity contribution >= 4 is 16.9 Å². The number of nitrogens with zero attached hydrogens (tertiary/aromatic N) is 4. The van der Waals surface area contributed by atoms with Gasteiger partial charge in [0.1, 0.15) is 23.1 Å². The van der Waals surface area contributed by atoms with E-state index in [4.69, 9.17) is 4.42 Å². The largest absolute Gasteiger partial charge is 0.458 e. The predicted molar refractivity (Wildman–Crippen MR) is 99.6 cm³/mol. The van der Waals surface area contributed by atoms with E-state index >= 15 is 0 Å². The van der Waals surface area contributed by atoms with Crippen LogP contribution >= 0.6 is 0 Å². The number of rotatable bonds is 3. The van der Waals surface area contributed by atoms with E-state index in [1.54, 1.807) is 6.33 Å². The van der Waals surface area contributed by atoms with Crippen molar-refractivity contribution in [3.05, 3.63) is 71.3 Å². The van der Waals surface area contributed by atoms with Crippen LogP contribution in [-0.2, 0) is 6.42 Å². The number of aryl methyl sites for hydroxylation is 1. The molecule has 1 atom stereocenters. The zero-order chi connectivity index (χ0) is 20.1. The molecule has 0 unspecified atom stereocenters. The zero-order valence-corrected chi connectivity index (χ0v) is 15.5. The molecule has 0 aliphatic carbocycles. The van der Waals surface area contributed by atoms with Crippen LogP contribution in [-0.4, -0.2) is 37.1 Å². The Labute approximate surface area is 163 Å². The normalized spacial score (nSPS) is 16.6. The molecule has 0 bridgehead atoms. The molecule has 1 aromatic carbocycles. The Balaban J connectivity index is 1.66. The summed E-state index contributed by atoms with van der Waals surface area (Å²) in [7, 11) is 0. The predicted octanol–water partition coefficient (Wildman–Crippen LogP) is 3.84. The molecule has 0 saturated carbocycles. The smallest absolute Gasteiger partial charge is 0.333 e. The van der Waals surface area contributed by atoms with Crippen molar-refractivity contribution in [3.63, 3.8) is 0 Å². The minimum atomic E-state index is -2.90. The average molecular weight is 397 g/mol. The maximum Gasteiger partial charge on any atom is 0.333 e. The Kier molecular flexibility index (Phi) is 3.97. The molecule has 148 valence electrons. The molecule has 1 amide bonds. The molecule has 0 radical (unpaired) electrons. The van der Waals surface area contributed by atoms with E-state index in [1.165, 1.54) is 17.2 Å². The van der Waals surface area contributed by atoms with Crippen molar-refractivity contribution in [2.75, 3.05) is 6.54 Å². The molecular weight excluding hydrogens is 380 g/mol. The number of aromatic nitrogens is 4. The van der Waals surface area contributed by atoms with E-state index in [2.05, 4.69) is 15.1 Å². The van der Waals surface area contributed by atoms with Crippen LogP contribution in [0.3, 0.4) is 0 Å². The summed E-state index contributed by atoms with van der Waals surface area (Å²) in [5.74, 6) is 0.0389. The van der Waals surface area contributed by atoms with Gasteiger partial charge >= 0.3 is 6.55 Å². The van der Waals surface area contributed by atoms with Gasteiger partial charge in [-0.3, -0.25) is 4.79 Å². The number of benzene rings is 1. The third-order valence-corrected chi connectivity index (χ3v) is 5.39. The second kappa shape index (κ2) is 6.54. The second-order valence-electron chi connectivity index (χ2n) is 6.94.